The second kappa shape index (κ2) is 9.51. The lowest BCUT2D eigenvalue weighted by Crippen LogP contribution is -2.43. The van der Waals surface area contributed by atoms with Gasteiger partial charge in [-0.3, -0.25) is 14.9 Å². The molecule has 1 fully saturated rings. The molecule has 0 atom stereocenters. The Labute approximate surface area is 178 Å². The van der Waals surface area contributed by atoms with E-state index in [9.17, 15) is 9.59 Å². The molecule has 1 saturated heterocycles. The maximum atomic E-state index is 12.4. The molecule has 2 aromatic carbocycles. The van der Waals surface area contributed by atoms with Gasteiger partial charge in [-0.15, -0.1) is 11.3 Å². The highest BCUT2D eigenvalue weighted by molar-refractivity contribution is 7.14. The maximum absolute atomic E-state index is 12.4. The van der Waals surface area contributed by atoms with E-state index in [4.69, 9.17) is 9.47 Å². The SMILES string of the molecule is O=C(Nc1nc(-c2ccccc2OCC(=O)N2CCOCC2)cs1)c1ccccc1. The first-order chi connectivity index (χ1) is 14.7. The molecule has 0 saturated carbocycles. The van der Waals surface area contributed by atoms with E-state index in [-0.39, 0.29) is 18.4 Å². The molecule has 1 N–H and O–H groups in total. The van der Waals surface area contributed by atoms with Crippen molar-refractivity contribution in [1.82, 2.24) is 9.88 Å². The van der Waals surface area contributed by atoms with Crippen molar-refractivity contribution in [2.45, 2.75) is 0 Å². The fourth-order valence-corrected chi connectivity index (χ4v) is 3.77. The summed E-state index contributed by atoms with van der Waals surface area (Å²) in [6.45, 7) is 2.23. The summed E-state index contributed by atoms with van der Waals surface area (Å²) < 4.78 is 11.1. The Bertz CT molecular complexity index is 1020. The minimum Gasteiger partial charge on any atom is -0.483 e. The average Bonchev–Trinajstić information content (AvgIpc) is 3.27. The van der Waals surface area contributed by atoms with Crippen molar-refractivity contribution in [2.24, 2.45) is 0 Å². The smallest absolute Gasteiger partial charge is 0.260 e. The van der Waals surface area contributed by atoms with E-state index in [1.54, 1.807) is 17.0 Å². The minimum absolute atomic E-state index is 0.0429. The Kier molecular flexibility index (Phi) is 6.36. The van der Waals surface area contributed by atoms with Crippen LogP contribution in [0.3, 0.4) is 0 Å². The molecule has 0 bridgehead atoms. The molecule has 0 radical (unpaired) electrons. The van der Waals surface area contributed by atoms with Gasteiger partial charge in [-0.1, -0.05) is 30.3 Å². The zero-order chi connectivity index (χ0) is 20.8. The number of nitrogens with zero attached hydrogens (tertiary/aromatic N) is 2. The third-order valence-electron chi connectivity index (χ3n) is 4.64. The van der Waals surface area contributed by atoms with Gasteiger partial charge >= 0.3 is 0 Å². The number of aromatic nitrogens is 1. The van der Waals surface area contributed by atoms with Crippen LogP contribution >= 0.6 is 11.3 Å². The van der Waals surface area contributed by atoms with Gasteiger partial charge in [-0.2, -0.15) is 0 Å². The number of anilines is 1. The number of rotatable bonds is 6. The zero-order valence-electron chi connectivity index (χ0n) is 16.2. The molecule has 1 aliphatic heterocycles. The summed E-state index contributed by atoms with van der Waals surface area (Å²) in [5.41, 5.74) is 2.01. The Balaban J connectivity index is 1.43. The highest BCUT2D eigenvalue weighted by atomic mass is 32.1. The van der Waals surface area contributed by atoms with Crippen LogP contribution in [0.2, 0.25) is 0 Å². The second-order valence-corrected chi connectivity index (χ2v) is 7.49. The molecular formula is C22H21N3O4S. The van der Waals surface area contributed by atoms with Crippen LogP contribution in [0.15, 0.2) is 60.0 Å². The molecule has 30 heavy (non-hydrogen) atoms. The monoisotopic (exact) mass is 423 g/mol. The van der Waals surface area contributed by atoms with Crippen molar-refractivity contribution in [1.29, 1.82) is 0 Å². The van der Waals surface area contributed by atoms with Crippen molar-refractivity contribution in [3.05, 3.63) is 65.5 Å². The standard InChI is InChI=1S/C22H21N3O4S/c26-20(25-10-12-28-13-11-25)14-29-19-9-5-4-8-17(19)18-15-30-22(23-18)24-21(27)16-6-2-1-3-7-16/h1-9,15H,10-14H2,(H,23,24,27). The van der Waals surface area contributed by atoms with E-state index in [1.165, 1.54) is 11.3 Å². The summed E-state index contributed by atoms with van der Waals surface area (Å²) in [6.07, 6.45) is 0. The number of carbonyl (C=O) groups excluding carboxylic acids is 2. The van der Waals surface area contributed by atoms with Gasteiger partial charge in [0.15, 0.2) is 11.7 Å². The lowest BCUT2D eigenvalue weighted by Gasteiger charge is -2.26. The highest BCUT2D eigenvalue weighted by Crippen LogP contribution is 2.32. The number of benzene rings is 2. The van der Waals surface area contributed by atoms with Gasteiger partial charge in [0.05, 0.1) is 18.9 Å². The first-order valence-corrected chi connectivity index (χ1v) is 10.5. The summed E-state index contributed by atoms with van der Waals surface area (Å²) in [6, 6.07) is 16.4. The van der Waals surface area contributed by atoms with Crippen molar-refractivity contribution in [3.63, 3.8) is 0 Å². The molecule has 8 heteroatoms. The number of para-hydroxylation sites is 1. The van der Waals surface area contributed by atoms with E-state index in [1.807, 2.05) is 47.8 Å². The topological polar surface area (TPSA) is 80.8 Å². The summed E-state index contributed by atoms with van der Waals surface area (Å²) in [4.78, 5) is 31.0. The Morgan fingerprint density at radius 1 is 1.07 bits per heavy atom. The van der Waals surface area contributed by atoms with Crippen LogP contribution in [0.1, 0.15) is 10.4 Å². The van der Waals surface area contributed by atoms with Gasteiger partial charge in [-0.05, 0) is 24.3 Å². The summed E-state index contributed by atoms with van der Waals surface area (Å²) in [5, 5.41) is 5.17. The number of ether oxygens (including phenoxy) is 2. The fraction of sp³-hybridized carbons (Fsp3) is 0.227. The van der Waals surface area contributed by atoms with E-state index in [0.29, 0.717) is 48.4 Å². The van der Waals surface area contributed by atoms with Gasteiger partial charge in [-0.25, -0.2) is 4.98 Å². The quantitative estimate of drug-likeness (QED) is 0.658. The van der Waals surface area contributed by atoms with Crippen molar-refractivity contribution in [3.8, 4) is 17.0 Å². The summed E-state index contributed by atoms with van der Waals surface area (Å²) in [7, 11) is 0. The van der Waals surface area contributed by atoms with E-state index in [2.05, 4.69) is 10.3 Å². The lowest BCUT2D eigenvalue weighted by atomic mass is 10.1. The van der Waals surface area contributed by atoms with Gasteiger partial charge in [0.1, 0.15) is 5.75 Å². The van der Waals surface area contributed by atoms with Crippen LogP contribution in [0.4, 0.5) is 5.13 Å². The van der Waals surface area contributed by atoms with Crippen LogP contribution in [-0.2, 0) is 9.53 Å². The van der Waals surface area contributed by atoms with Crippen LogP contribution < -0.4 is 10.1 Å². The summed E-state index contributed by atoms with van der Waals surface area (Å²) in [5.74, 6) is 0.296. The molecular weight excluding hydrogens is 402 g/mol. The van der Waals surface area contributed by atoms with Crippen LogP contribution in [0.5, 0.6) is 5.75 Å². The molecule has 0 unspecified atom stereocenters. The van der Waals surface area contributed by atoms with Crippen molar-refractivity contribution < 1.29 is 19.1 Å². The zero-order valence-corrected chi connectivity index (χ0v) is 17.1. The van der Waals surface area contributed by atoms with Crippen molar-refractivity contribution in [2.75, 3.05) is 38.2 Å². The number of carbonyl (C=O) groups is 2. The fourth-order valence-electron chi connectivity index (χ4n) is 3.06. The van der Waals surface area contributed by atoms with Gasteiger partial charge in [0, 0.05) is 29.6 Å². The number of thiazole rings is 1. The van der Waals surface area contributed by atoms with Gasteiger partial charge in [0.2, 0.25) is 0 Å². The number of hydrogen-bond acceptors (Lipinski definition) is 6. The predicted octanol–water partition coefficient (Wildman–Crippen LogP) is 3.30. The molecule has 2 heterocycles. The number of amides is 2. The average molecular weight is 423 g/mol. The Hall–Kier alpha value is -3.23. The van der Waals surface area contributed by atoms with Gasteiger partial charge < -0.3 is 14.4 Å². The molecule has 0 spiro atoms. The van der Waals surface area contributed by atoms with Gasteiger partial charge in [0.25, 0.3) is 11.8 Å². The molecule has 7 nitrogen and oxygen atoms in total. The van der Waals surface area contributed by atoms with E-state index in [0.717, 1.165) is 5.56 Å². The molecule has 2 amide bonds. The largest absolute Gasteiger partial charge is 0.483 e. The Morgan fingerprint density at radius 3 is 2.60 bits per heavy atom. The molecule has 1 aromatic heterocycles. The Morgan fingerprint density at radius 2 is 1.80 bits per heavy atom. The first kappa shape index (κ1) is 20.1. The third-order valence-corrected chi connectivity index (χ3v) is 5.40. The maximum Gasteiger partial charge on any atom is 0.260 e. The number of nitrogens with one attached hydrogen (secondary N) is 1. The first-order valence-electron chi connectivity index (χ1n) is 9.60. The van der Waals surface area contributed by atoms with Crippen LogP contribution in [0.25, 0.3) is 11.3 Å². The lowest BCUT2D eigenvalue weighted by molar-refractivity contribution is -0.137. The summed E-state index contributed by atoms with van der Waals surface area (Å²) >= 11 is 1.34. The third kappa shape index (κ3) is 4.84. The molecule has 4 rings (SSSR count). The second-order valence-electron chi connectivity index (χ2n) is 6.64. The normalized spacial score (nSPS) is 13.7. The van der Waals surface area contributed by atoms with Crippen molar-refractivity contribution >= 4 is 28.3 Å². The minimum atomic E-state index is -0.211. The molecule has 154 valence electrons. The van der Waals surface area contributed by atoms with Crippen LogP contribution in [0, 0.1) is 0 Å². The number of hydrogen-bond donors (Lipinski definition) is 1. The van der Waals surface area contributed by atoms with E-state index < -0.39 is 0 Å². The molecule has 1 aliphatic rings. The van der Waals surface area contributed by atoms with Crippen LogP contribution in [-0.4, -0.2) is 54.6 Å². The number of morpholine rings is 1. The molecule has 3 aromatic rings. The highest BCUT2D eigenvalue weighted by Gasteiger charge is 2.18. The van der Waals surface area contributed by atoms with E-state index >= 15 is 0 Å². The molecule has 0 aliphatic carbocycles. The predicted molar refractivity (Wildman–Crippen MR) is 115 cm³/mol.